The van der Waals surface area contributed by atoms with Crippen molar-refractivity contribution in [1.82, 2.24) is 9.80 Å². The number of Topliss-reactive ketones (excluding diaryl/α,β-unsaturated/α-hetero) is 4. The zero-order valence-electron chi connectivity index (χ0n) is 24.1. The van der Waals surface area contributed by atoms with Gasteiger partial charge in [0.15, 0.2) is 34.7 Å². The van der Waals surface area contributed by atoms with Crippen molar-refractivity contribution in [2.45, 2.75) is 51.3 Å². The molecule has 0 bridgehead atoms. The van der Waals surface area contributed by atoms with Crippen LogP contribution in [0.5, 0.6) is 5.75 Å². The molecule has 0 saturated heterocycles. The van der Waals surface area contributed by atoms with Gasteiger partial charge in [-0.15, -0.1) is 0 Å². The van der Waals surface area contributed by atoms with Crippen LogP contribution < -0.4 is 10.6 Å². The Bertz CT molecular complexity index is 1280. The maximum atomic E-state index is 14.0. The van der Waals surface area contributed by atoms with E-state index in [-0.39, 0.29) is 24.2 Å². The number of aliphatic hydroxyl groups is 1. The zero-order chi connectivity index (χ0) is 29.8. The second-order valence-corrected chi connectivity index (χ2v) is 11.8. The third-order valence-corrected chi connectivity index (χ3v) is 8.94. The molecule has 218 valence electrons. The molecule has 1 aromatic carbocycles. The first-order chi connectivity index (χ1) is 18.7. The van der Waals surface area contributed by atoms with Crippen LogP contribution >= 0.6 is 0 Å². The highest BCUT2D eigenvalue weighted by atomic mass is 16.3. The Morgan fingerprint density at radius 3 is 2.27 bits per heavy atom. The van der Waals surface area contributed by atoms with Crippen LogP contribution in [0, 0.1) is 23.7 Å². The maximum Gasteiger partial charge on any atom is 0.235 e. The Morgan fingerprint density at radius 2 is 1.75 bits per heavy atom. The SMILES string of the molecule is CCCN(CC)Cc1cc(O)c2c(c1N(C)C)C[C@H]1C[C@H]3[C@H](N(C)C)C(=O)C(C(N)=O)C(=O)[C@@]3(O)C(=O)C1C2=O. The first-order valence-electron chi connectivity index (χ1n) is 13.8. The molecule has 11 heteroatoms. The van der Waals surface area contributed by atoms with Gasteiger partial charge < -0.3 is 20.8 Å². The number of anilines is 1. The number of carbonyl (C=O) groups is 5. The first kappa shape index (κ1) is 29.8. The number of fused-ring (bicyclic) bond motifs is 3. The van der Waals surface area contributed by atoms with Gasteiger partial charge in [0.1, 0.15) is 5.75 Å². The highest BCUT2D eigenvalue weighted by Gasteiger charge is 2.69. The minimum Gasteiger partial charge on any atom is -0.507 e. The van der Waals surface area contributed by atoms with Gasteiger partial charge in [-0.2, -0.15) is 0 Å². The Hall–Kier alpha value is -3.15. The number of primary amides is 1. The molecule has 0 heterocycles. The predicted octanol–water partition coefficient (Wildman–Crippen LogP) is 0.165. The van der Waals surface area contributed by atoms with Crippen LogP contribution in [0.15, 0.2) is 6.07 Å². The topological polar surface area (TPSA) is 162 Å². The first-order valence-corrected chi connectivity index (χ1v) is 13.8. The van der Waals surface area contributed by atoms with Crippen molar-refractivity contribution in [1.29, 1.82) is 0 Å². The average molecular weight is 557 g/mol. The monoisotopic (exact) mass is 556 g/mol. The summed E-state index contributed by atoms with van der Waals surface area (Å²) >= 11 is 0. The second kappa shape index (κ2) is 10.7. The van der Waals surface area contributed by atoms with Gasteiger partial charge in [-0.25, -0.2) is 0 Å². The summed E-state index contributed by atoms with van der Waals surface area (Å²) in [5, 5.41) is 22.8. The molecule has 0 aliphatic heterocycles. The largest absolute Gasteiger partial charge is 0.507 e. The van der Waals surface area contributed by atoms with E-state index in [2.05, 4.69) is 18.7 Å². The molecule has 2 saturated carbocycles. The van der Waals surface area contributed by atoms with E-state index >= 15 is 0 Å². The van der Waals surface area contributed by atoms with Gasteiger partial charge >= 0.3 is 0 Å². The molecule has 11 nitrogen and oxygen atoms in total. The van der Waals surface area contributed by atoms with Crippen molar-refractivity contribution in [2.24, 2.45) is 29.4 Å². The molecule has 40 heavy (non-hydrogen) atoms. The van der Waals surface area contributed by atoms with E-state index in [4.69, 9.17) is 5.73 Å². The van der Waals surface area contributed by atoms with E-state index in [9.17, 15) is 34.2 Å². The van der Waals surface area contributed by atoms with Gasteiger partial charge in [-0.3, -0.25) is 33.8 Å². The number of phenolic OH excluding ortho intramolecular Hbond substituents is 1. The van der Waals surface area contributed by atoms with Crippen LogP contribution in [0.4, 0.5) is 5.69 Å². The molecule has 6 atom stereocenters. The van der Waals surface area contributed by atoms with E-state index < -0.39 is 64.4 Å². The van der Waals surface area contributed by atoms with E-state index in [1.54, 1.807) is 20.2 Å². The van der Waals surface area contributed by atoms with Crippen molar-refractivity contribution in [2.75, 3.05) is 46.2 Å². The highest BCUT2D eigenvalue weighted by molar-refractivity contribution is 6.32. The Labute approximate surface area is 234 Å². The number of aromatic hydroxyl groups is 1. The van der Waals surface area contributed by atoms with E-state index in [1.165, 1.54) is 4.90 Å². The van der Waals surface area contributed by atoms with Gasteiger partial charge in [0, 0.05) is 32.2 Å². The van der Waals surface area contributed by atoms with Crippen LogP contribution in [-0.2, 0) is 32.1 Å². The lowest BCUT2D eigenvalue weighted by Gasteiger charge is -2.52. The summed E-state index contributed by atoms with van der Waals surface area (Å²) in [4.78, 5) is 72.3. The second-order valence-electron chi connectivity index (χ2n) is 11.8. The summed E-state index contributed by atoms with van der Waals surface area (Å²) in [7, 11) is 6.86. The lowest BCUT2D eigenvalue weighted by molar-refractivity contribution is -0.181. The van der Waals surface area contributed by atoms with Crippen molar-refractivity contribution in [3.8, 4) is 5.75 Å². The number of likely N-dealkylation sites (N-methyl/N-ethyl adjacent to an activating group) is 1. The number of ketones is 4. The summed E-state index contributed by atoms with van der Waals surface area (Å²) < 4.78 is 0. The van der Waals surface area contributed by atoms with Gasteiger partial charge in [-0.1, -0.05) is 13.8 Å². The highest BCUT2D eigenvalue weighted by Crippen LogP contribution is 2.52. The summed E-state index contributed by atoms with van der Waals surface area (Å²) in [6.45, 7) is 6.37. The lowest BCUT2D eigenvalue weighted by Crippen LogP contribution is -2.74. The number of carbonyl (C=O) groups excluding carboxylic acids is 5. The standard InChI is InChI=1S/C29H40N4O7/c1-7-9-33(8-2)13-15-12-18(34)20-16(22(15)31(3)4)10-14-11-17-23(32(5)6)25(36)21(28(30)39)27(38)29(17,40)26(37)19(14)24(20)35/h12,14,17,19,21,23,34,40H,7-11,13H2,1-6H3,(H2,30,39)/t14-,17-,19?,21?,23-,29-/m0/s1. The number of nitrogens with zero attached hydrogens (tertiary/aromatic N) is 3. The van der Waals surface area contributed by atoms with Crippen LogP contribution in [0.3, 0.4) is 0 Å². The molecule has 3 aliphatic rings. The number of amides is 1. The summed E-state index contributed by atoms with van der Waals surface area (Å²) in [6.07, 6.45) is 1.22. The number of phenols is 1. The van der Waals surface area contributed by atoms with Crippen LogP contribution in [-0.4, -0.2) is 102 Å². The molecule has 0 spiro atoms. The molecule has 1 amide bonds. The fraction of sp³-hybridized carbons (Fsp3) is 0.621. The smallest absolute Gasteiger partial charge is 0.235 e. The Morgan fingerprint density at radius 1 is 1.10 bits per heavy atom. The van der Waals surface area contributed by atoms with Crippen LogP contribution in [0.25, 0.3) is 0 Å². The molecular formula is C29H40N4O7. The molecule has 1 aromatic rings. The van der Waals surface area contributed by atoms with Crippen molar-refractivity contribution in [3.63, 3.8) is 0 Å². The number of hydrogen-bond donors (Lipinski definition) is 3. The number of hydrogen-bond acceptors (Lipinski definition) is 10. The third-order valence-electron chi connectivity index (χ3n) is 8.94. The fourth-order valence-electron chi connectivity index (χ4n) is 7.31. The Balaban J connectivity index is 1.86. The van der Waals surface area contributed by atoms with Gasteiger partial charge in [-0.05, 0) is 69.6 Å². The zero-order valence-corrected chi connectivity index (χ0v) is 24.1. The molecular weight excluding hydrogens is 516 g/mol. The van der Waals surface area contributed by atoms with Crippen LogP contribution in [0.1, 0.15) is 48.2 Å². The van der Waals surface area contributed by atoms with E-state index in [0.29, 0.717) is 12.1 Å². The van der Waals surface area contributed by atoms with Gasteiger partial charge in [0.2, 0.25) is 5.91 Å². The fourth-order valence-corrected chi connectivity index (χ4v) is 7.31. The number of benzene rings is 1. The van der Waals surface area contributed by atoms with Crippen molar-refractivity contribution in [3.05, 3.63) is 22.8 Å². The van der Waals surface area contributed by atoms with E-state index in [1.807, 2.05) is 19.0 Å². The lowest BCUT2D eigenvalue weighted by atomic mass is 9.52. The minimum absolute atomic E-state index is 0.0117. The average Bonchev–Trinajstić information content (AvgIpc) is 2.85. The number of rotatable bonds is 8. The van der Waals surface area contributed by atoms with E-state index in [0.717, 1.165) is 30.8 Å². The van der Waals surface area contributed by atoms with Crippen molar-refractivity contribution < 1.29 is 34.2 Å². The molecule has 0 radical (unpaired) electrons. The molecule has 4 rings (SSSR count). The minimum atomic E-state index is -2.72. The molecule has 0 aromatic heterocycles. The van der Waals surface area contributed by atoms with Gasteiger partial charge in [0.05, 0.1) is 17.5 Å². The molecule has 2 unspecified atom stereocenters. The summed E-state index contributed by atoms with van der Waals surface area (Å²) in [6, 6.07) is 0.437. The quantitative estimate of drug-likeness (QED) is 0.376. The van der Waals surface area contributed by atoms with Crippen molar-refractivity contribution >= 4 is 34.7 Å². The number of nitrogens with two attached hydrogens (primary N) is 1. The maximum absolute atomic E-state index is 14.0. The third kappa shape index (κ3) is 4.35. The molecule has 4 N–H and O–H groups in total. The van der Waals surface area contributed by atoms with Gasteiger partial charge in [0.25, 0.3) is 0 Å². The summed E-state index contributed by atoms with van der Waals surface area (Å²) in [5.41, 5.74) is 4.91. The molecule has 2 fully saturated rings. The Kier molecular flexibility index (Phi) is 7.96. The predicted molar refractivity (Wildman–Crippen MR) is 147 cm³/mol. The normalized spacial score (nSPS) is 29.9. The molecule has 3 aliphatic carbocycles. The van der Waals surface area contributed by atoms with Crippen LogP contribution in [0.2, 0.25) is 0 Å². The summed E-state index contributed by atoms with van der Waals surface area (Å²) in [5.74, 6) is -10.4.